The number of anilines is 1. The van der Waals surface area contributed by atoms with Crippen molar-refractivity contribution in [3.05, 3.63) is 53.6 Å². The lowest BCUT2D eigenvalue weighted by Gasteiger charge is -2.27. The van der Waals surface area contributed by atoms with E-state index in [4.69, 9.17) is 26.8 Å². The SMILES string of the molecule is CC1(Oc2cccc(Cl)c2N)CCN(CCOc2ccccc2)C1. The number of nitrogen functional groups attached to an aromatic ring is 1. The Labute approximate surface area is 148 Å². The van der Waals surface area contributed by atoms with Crippen molar-refractivity contribution in [3.63, 3.8) is 0 Å². The van der Waals surface area contributed by atoms with Crippen LogP contribution in [0.15, 0.2) is 48.5 Å². The number of hydrogen-bond donors (Lipinski definition) is 1. The normalized spacial score (nSPS) is 20.9. The molecule has 1 saturated heterocycles. The van der Waals surface area contributed by atoms with E-state index in [0.717, 1.165) is 31.8 Å². The van der Waals surface area contributed by atoms with Gasteiger partial charge in [-0.05, 0) is 31.2 Å². The molecule has 24 heavy (non-hydrogen) atoms. The summed E-state index contributed by atoms with van der Waals surface area (Å²) in [7, 11) is 0. The van der Waals surface area contributed by atoms with E-state index in [1.54, 1.807) is 6.07 Å². The van der Waals surface area contributed by atoms with Gasteiger partial charge in [-0.25, -0.2) is 0 Å². The van der Waals surface area contributed by atoms with Gasteiger partial charge in [0.15, 0.2) is 0 Å². The number of ether oxygens (including phenoxy) is 2. The Morgan fingerprint density at radius 2 is 1.96 bits per heavy atom. The van der Waals surface area contributed by atoms with E-state index in [-0.39, 0.29) is 5.60 Å². The van der Waals surface area contributed by atoms with Gasteiger partial charge >= 0.3 is 0 Å². The minimum Gasteiger partial charge on any atom is -0.492 e. The smallest absolute Gasteiger partial charge is 0.144 e. The number of halogens is 1. The Hall–Kier alpha value is -1.91. The van der Waals surface area contributed by atoms with Gasteiger partial charge in [0.25, 0.3) is 0 Å². The Bertz CT molecular complexity index is 680. The number of para-hydroxylation sites is 2. The van der Waals surface area contributed by atoms with Crippen LogP contribution in [-0.4, -0.2) is 36.7 Å². The fourth-order valence-electron chi connectivity index (χ4n) is 2.98. The molecule has 2 aromatic rings. The van der Waals surface area contributed by atoms with Crippen LogP contribution >= 0.6 is 11.6 Å². The first kappa shape index (κ1) is 16.9. The van der Waals surface area contributed by atoms with Gasteiger partial charge in [0, 0.05) is 26.1 Å². The molecule has 128 valence electrons. The van der Waals surface area contributed by atoms with Crippen LogP contribution in [-0.2, 0) is 0 Å². The van der Waals surface area contributed by atoms with Crippen molar-refractivity contribution in [1.82, 2.24) is 4.90 Å². The number of likely N-dealkylation sites (tertiary alicyclic amines) is 1. The summed E-state index contributed by atoms with van der Waals surface area (Å²) in [5.74, 6) is 1.56. The first-order valence-electron chi connectivity index (χ1n) is 8.19. The Morgan fingerprint density at radius 1 is 1.17 bits per heavy atom. The van der Waals surface area contributed by atoms with E-state index in [1.165, 1.54) is 0 Å². The van der Waals surface area contributed by atoms with E-state index in [9.17, 15) is 0 Å². The molecule has 2 N–H and O–H groups in total. The van der Waals surface area contributed by atoms with Gasteiger partial charge in [-0.1, -0.05) is 35.9 Å². The predicted octanol–water partition coefficient (Wildman–Crippen LogP) is 3.84. The van der Waals surface area contributed by atoms with Crippen molar-refractivity contribution in [2.75, 3.05) is 32.0 Å². The summed E-state index contributed by atoms with van der Waals surface area (Å²) in [6.45, 7) is 5.48. The lowest BCUT2D eigenvalue weighted by molar-refractivity contribution is 0.0943. The van der Waals surface area contributed by atoms with E-state index in [1.807, 2.05) is 42.5 Å². The van der Waals surface area contributed by atoms with Crippen molar-refractivity contribution < 1.29 is 9.47 Å². The van der Waals surface area contributed by atoms with Crippen LogP contribution in [0.5, 0.6) is 11.5 Å². The molecule has 0 saturated carbocycles. The van der Waals surface area contributed by atoms with E-state index < -0.39 is 0 Å². The fourth-order valence-corrected chi connectivity index (χ4v) is 3.15. The topological polar surface area (TPSA) is 47.7 Å². The highest BCUT2D eigenvalue weighted by Gasteiger charge is 2.36. The lowest BCUT2D eigenvalue weighted by Crippen LogP contribution is -2.37. The number of nitrogens with zero attached hydrogens (tertiary/aromatic N) is 1. The molecular weight excluding hydrogens is 324 g/mol. The largest absolute Gasteiger partial charge is 0.492 e. The molecule has 2 aromatic carbocycles. The first-order valence-corrected chi connectivity index (χ1v) is 8.57. The van der Waals surface area contributed by atoms with Crippen LogP contribution in [0, 0.1) is 0 Å². The second-order valence-corrected chi connectivity index (χ2v) is 6.80. The second-order valence-electron chi connectivity index (χ2n) is 6.39. The summed E-state index contributed by atoms with van der Waals surface area (Å²) in [6, 6.07) is 15.4. The molecule has 1 atom stereocenters. The highest BCUT2D eigenvalue weighted by molar-refractivity contribution is 6.33. The lowest BCUT2D eigenvalue weighted by atomic mass is 10.1. The summed E-state index contributed by atoms with van der Waals surface area (Å²) >= 11 is 6.07. The van der Waals surface area contributed by atoms with Crippen molar-refractivity contribution in [2.45, 2.75) is 18.9 Å². The summed E-state index contributed by atoms with van der Waals surface area (Å²) < 4.78 is 11.9. The van der Waals surface area contributed by atoms with Gasteiger partial charge in [0.05, 0.1) is 10.7 Å². The minimum atomic E-state index is -0.258. The van der Waals surface area contributed by atoms with E-state index in [2.05, 4.69) is 11.8 Å². The minimum absolute atomic E-state index is 0.258. The monoisotopic (exact) mass is 346 g/mol. The Morgan fingerprint density at radius 3 is 2.75 bits per heavy atom. The molecule has 0 amide bonds. The highest BCUT2D eigenvalue weighted by atomic mass is 35.5. The third kappa shape index (κ3) is 4.13. The zero-order chi connectivity index (χ0) is 17.0. The number of hydrogen-bond acceptors (Lipinski definition) is 4. The maximum atomic E-state index is 6.18. The maximum Gasteiger partial charge on any atom is 0.144 e. The number of nitrogens with two attached hydrogens (primary N) is 1. The zero-order valence-corrected chi connectivity index (χ0v) is 14.6. The zero-order valence-electron chi connectivity index (χ0n) is 13.9. The van der Waals surface area contributed by atoms with E-state index >= 15 is 0 Å². The summed E-state index contributed by atoms with van der Waals surface area (Å²) in [5.41, 5.74) is 6.26. The fraction of sp³-hybridized carbons (Fsp3) is 0.368. The molecule has 1 aliphatic rings. The molecule has 5 heteroatoms. The van der Waals surface area contributed by atoms with Crippen molar-refractivity contribution in [3.8, 4) is 11.5 Å². The summed E-state index contributed by atoms with van der Waals surface area (Å²) in [6.07, 6.45) is 0.949. The molecular formula is C19H23ClN2O2. The first-order chi connectivity index (χ1) is 11.6. The van der Waals surface area contributed by atoms with Gasteiger partial charge in [-0.2, -0.15) is 0 Å². The van der Waals surface area contributed by atoms with Crippen molar-refractivity contribution in [2.24, 2.45) is 0 Å². The van der Waals surface area contributed by atoms with Crippen molar-refractivity contribution in [1.29, 1.82) is 0 Å². The van der Waals surface area contributed by atoms with Gasteiger partial charge in [-0.15, -0.1) is 0 Å². The Balaban J connectivity index is 1.51. The molecule has 1 unspecified atom stereocenters. The predicted molar refractivity (Wildman–Crippen MR) is 97.9 cm³/mol. The van der Waals surface area contributed by atoms with Crippen LogP contribution in [0.1, 0.15) is 13.3 Å². The van der Waals surface area contributed by atoms with E-state index in [0.29, 0.717) is 23.1 Å². The second kappa shape index (κ2) is 7.32. The van der Waals surface area contributed by atoms with Gasteiger partial charge in [0.2, 0.25) is 0 Å². The average Bonchev–Trinajstić information content (AvgIpc) is 2.94. The molecule has 0 aliphatic carbocycles. The van der Waals surface area contributed by atoms with Crippen LogP contribution in [0.4, 0.5) is 5.69 Å². The molecule has 0 radical (unpaired) electrons. The maximum absolute atomic E-state index is 6.18. The van der Waals surface area contributed by atoms with Crippen LogP contribution in [0.3, 0.4) is 0 Å². The van der Waals surface area contributed by atoms with Crippen LogP contribution < -0.4 is 15.2 Å². The highest BCUT2D eigenvalue weighted by Crippen LogP contribution is 2.34. The summed E-state index contributed by atoms with van der Waals surface area (Å²) in [4.78, 5) is 2.35. The van der Waals surface area contributed by atoms with Crippen LogP contribution in [0.25, 0.3) is 0 Å². The molecule has 0 spiro atoms. The molecule has 4 nitrogen and oxygen atoms in total. The quantitative estimate of drug-likeness (QED) is 0.807. The van der Waals surface area contributed by atoms with Crippen LogP contribution in [0.2, 0.25) is 5.02 Å². The molecule has 0 bridgehead atoms. The van der Waals surface area contributed by atoms with Crippen molar-refractivity contribution >= 4 is 17.3 Å². The third-order valence-corrected chi connectivity index (χ3v) is 4.63. The molecule has 0 aromatic heterocycles. The molecule has 1 aliphatic heterocycles. The molecule has 1 heterocycles. The van der Waals surface area contributed by atoms with Gasteiger partial charge in [-0.3, -0.25) is 4.90 Å². The number of benzene rings is 2. The molecule has 1 fully saturated rings. The average molecular weight is 347 g/mol. The summed E-state index contributed by atoms with van der Waals surface area (Å²) in [5, 5.41) is 0.530. The molecule has 3 rings (SSSR count). The van der Waals surface area contributed by atoms with Gasteiger partial charge < -0.3 is 15.2 Å². The number of rotatable bonds is 6. The third-order valence-electron chi connectivity index (χ3n) is 4.30. The Kier molecular flexibility index (Phi) is 5.17. The standard InChI is InChI=1S/C19H23ClN2O2/c1-19(24-17-9-5-8-16(20)18(17)21)10-11-22(14-19)12-13-23-15-6-3-2-4-7-15/h2-9H,10-14,21H2,1H3. The van der Waals surface area contributed by atoms with Gasteiger partial charge in [0.1, 0.15) is 23.7 Å².